The summed E-state index contributed by atoms with van der Waals surface area (Å²) >= 11 is 0. The van der Waals surface area contributed by atoms with Crippen LogP contribution in [0.15, 0.2) is 28.8 Å². The average Bonchev–Trinajstić information content (AvgIpc) is 2.86. The molecule has 1 N–H and O–H groups in total. The van der Waals surface area contributed by atoms with Crippen molar-refractivity contribution < 1.29 is 31.3 Å². The molecule has 5 nitrogen and oxygen atoms in total. The van der Waals surface area contributed by atoms with E-state index in [0.29, 0.717) is 0 Å². The van der Waals surface area contributed by atoms with Gasteiger partial charge in [0.25, 0.3) is 11.8 Å². The molecule has 1 aromatic heterocycles. The van der Waals surface area contributed by atoms with Gasteiger partial charge in [0, 0.05) is 17.5 Å². The Morgan fingerprint density at radius 2 is 1.83 bits per heavy atom. The first kappa shape index (κ1) is 16.3. The van der Waals surface area contributed by atoms with Gasteiger partial charge in [0.2, 0.25) is 5.82 Å². The normalized spacial score (nSPS) is 22.2. The molecule has 128 valence electrons. The number of benzene rings is 1. The Bertz CT molecular complexity index is 784. The van der Waals surface area contributed by atoms with E-state index in [1.807, 2.05) is 0 Å². The lowest BCUT2D eigenvalue weighted by atomic mass is 10.1. The Balaban J connectivity index is 1.74. The van der Waals surface area contributed by atoms with Crippen molar-refractivity contribution in [3.63, 3.8) is 0 Å². The molecule has 1 aliphatic rings. The Morgan fingerprint density at radius 3 is 2.29 bits per heavy atom. The summed E-state index contributed by atoms with van der Waals surface area (Å²) in [5.74, 6) is -5.43. The van der Waals surface area contributed by atoms with Crippen molar-refractivity contribution in [2.45, 2.75) is 31.0 Å². The van der Waals surface area contributed by atoms with E-state index < -0.39 is 35.9 Å². The van der Waals surface area contributed by atoms with Crippen LogP contribution < -0.4 is 5.32 Å². The van der Waals surface area contributed by atoms with Crippen LogP contribution in [0.4, 0.5) is 22.0 Å². The standard InChI is InChI=1S/C14H10F5N3O2/c1-12(6-13(12,15)16)21-10(23)8-4-2-7(3-5-8)9-20-11(24-22-9)14(17,18)19/h2-5H,6H2,1H3,(H,21,23). The summed E-state index contributed by atoms with van der Waals surface area (Å²) in [4.78, 5) is 15.1. The number of rotatable bonds is 3. The van der Waals surface area contributed by atoms with Gasteiger partial charge in [-0.1, -0.05) is 17.3 Å². The highest BCUT2D eigenvalue weighted by atomic mass is 19.4. The molecule has 1 atom stereocenters. The summed E-state index contributed by atoms with van der Waals surface area (Å²) in [6.45, 7) is 1.23. The fourth-order valence-corrected chi connectivity index (χ4v) is 2.08. The number of hydrogen-bond donors (Lipinski definition) is 1. The van der Waals surface area contributed by atoms with Gasteiger partial charge in [0.05, 0.1) is 0 Å². The topological polar surface area (TPSA) is 68.0 Å². The number of hydrogen-bond acceptors (Lipinski definition) is 4. The number of nitrogens with one attached hydrogen (secondary N) is 1. The maximum absolute atomic E-state index is 13.1. The van der Waals surface area contributed by atoms with Crippen molar-refractivity contribution in [3.8, 4) is 11.4 Å². The first-order valence-electron chi connectivity index (χ1n) is 6.74. The van der Waals surface area contributed by atoms with Crippen molar-refractivity contribution in [2.75, 3.05) is 0 Å². The van der Waals surface area contributed by atoms with Crippen molar-refractivity contribution in [3.05, 3.63) is 35.7 Å². The Morgan fingerprint density at radius 1 is 1.25 bits per heavy atom. The largest absolute Gasteiger partial charge is 0.471 e. The maximum atomic E-state index is 13.1. The zero-order valence-corrected chi connectivity index (χ0v) is 12.1. The monoisotopic (exact) mass is 347 g/mol. The van der Waals surface area contributed by atoms with Crippen LogP contribution in [0, 0.1) is 0 Å². The first-order chi connectivity index (χ1) is 11.0. The van der Waals surface area contributed by atoms with E-state index in [1.165, 1.54) is 31.2 Å². The lowest BCUT2D eigenvalue weighted by Gasteiger charge is -2.12. The quantitative estimate of drug-likeness (QED) is 0.866. The van der Waals surface area contributed by atoms with Gasteiger partial charge in [-0.15, -0.1) is 0 Å². The summed E-state index contributed by atoms with van der Waals surface area (Å²) in [5, 5.41) is 5.44. The molecule has 0 saturated heterocycles. The van der Waals surface area contributed by atoms with Gasteiger partial charge in [0.1, 0.15) is 5.54 Å². The minimum Gasteiger partial charge on any atom is -0.341 e. The van der Waals surface area contributed by atoms with Crippen LogP contribution in [-0.4, -0.2) is 27.5 Å². The van der Waals surface area contributed by atoms with E-state index in [-0.39, 0.29) is 17.0 Å². The van der Waals surface area contributed by atoms with Crippen LogP contribution in [0.5, 0.6) is 0 Å². The number of nitrogens with zero attached hydrogens (tertiary/aromatic N) is 2. The molecule has 1 heterocycles. The zero-order chi connectivity index (χ0) is 17.8. The van der Waals surface area contributed by atoms with Gasteiger partial charge >= 0.3 is 12.1 Å². The number of carbonyl (C=O) groups is 1. The van der Waals surface area contributed by atoms with E-state index in [1.54, 1.807) is 0 Å². The molecule has 3 rings (SSSR count). The van der Waals surface area contributed by atoms with E-state index >= 15 is 0 Å². The highest BCUT2D eigenvalue weighted by molar-refractivity contribution is 5.95. The lowest BCUT2D eigenvalue weighted by molar-refractivity contribution is -0.159. The molecule has 24 heavy (non-hydrogen) atoms. The third kappa shape index (κ3) is 2.83. The van der Waals surface area contributed by atoms with E-state index in [4.69, 9.17) is 0 Å². The van der Waals surface area contributed by atoms with Crippen molar-refractivity contribution in [1.29, 1.82) is 0 Å². The first-order valence-corrected chi connectivity index (χ1v) is 6.74. The number of aromatic nitrogens is 2. The molecule has 1 unspecified atom stereocenters. The summed E-state index contributed by atoms with van der Waals surface area (Å²) < 4.78 is 67.5. The second kappa shape index (κ2) is 4.99. The number of alkyl halides is 5. The van der Waals surface area contributed by atoms with Crippen LogP contribution in [-0.2, 0) is 6.18 Å². The second-order valence-corrected chi connectivity index (χ2v) is 5.67. The fraction of sp³-hybridized carbons (Fsp3) is 0.357. The molecule has 1 amide bonds. The molecule has 1 aliphatic carbocycles. The Hall–Kier alpha value is -2.52. The minimum absolute atomic E-state index is 0.0854. The van der Waals surface area contributed by atoms with Crippen molar-refractivity contribution in [2.24, 2.45) is 0 Å². The molecule has 10 heteroatoms. The predicted octanol–water partition coefficient (Wildman–Crippen LogP) is 3.28. The van der Waals surface area contributed by atoms with E-state index in [2.05, 4.69) is 20.0 Å². The number of amides is 1. The molecular formula is C14H10F5N3O2. The molecular weight excluding hydrogens is 337 g/mol. The highest BCUT2D eigenvalue weighted by Gasteiger charge is 2.69. The van der Waals surface area contributed by atoms with Crippen LogP contribution in [0.3, 0.4) is 0 Å². The Labute approximate surface area is 131 Å². The van der Waals surface area contributed by atoms with Gasteiger partial charge in [0.15, 0.2) is 0 Å². The van der Waals surface area contributed by atoms with Crippen LogP contribution >= 0.6 is 0 Å². The zero-order valence-electron chi connectivity index (χ0n) is 12.1. The van der Waals surface area contributed by atoms with Gasteiger partial charge in [-0.2, -0.15) is 18.2 Å². The van der Waals surface area contributed by atoms with Gasteiger partial charge in [-0.3, -0.25) is 4.79 Å². The molecule has 0 aliphatic heterocycles. The van der Waals surface area contributed by atoms with Crippen molar-refractivity contribution >= 4 is 5.91 Å². The molecule has 0 bridgehead atoms. The highest BCUT2D eigenvalue weighted by Crippen LogP contribution is 2.52. The van der Waals surface area contributed by atoms with Gasteiger partial charge in [-0.05, 0) is 19.1 Å². The predicted molar refractivity (Wildman–Crippen MR) is 70.2 cm³/mol. The molecule has 0 spiro atoms. The summed E-state index contributed by atoms with van der Waals surface area (Å²) in [7, 11) is 0. The number of halogens is 5. The molecule has 1 fully saturated rings. The summed E-state index contributed by atoms with van der Waals surface area (Å²) in [5.41, 5.74) is -1.30. The van der Waals surface area contributed by atoms with Crippen LogP contribution in [0.25, 0.3) is 11.4 Å². The second-order valence-electron chi connectivity index (χ2n) is 5.67. The van der Waals surface area contributed by atoms with Gasteiger partial charge in [-0.25, -0.2) is 8.78 Å². The van der Waals surface area contributed by atoms with Crippen LogP contribution in [0.1, 0.15) is 29.6 Å². The molecule has 0 radical (unpaired) electrons. The smallest absolute Gasteiger partial charge is 0.341 e. The van der Waals surface area contributed by atoms with Crippen molar-refractivity contribution in [1.82, 2.24) is 15.5 Å². The van der Waals surface area contributed by atoms with Crippen LogP contribution in [0.2, 0.25) is 0 Å². The minimum atomic E-state index is -4.75. The molecule has 2 aromatic rings. The Kier molecular flexibility index (Phi) is 3.40. The van der Waals surface area contributed by atoms with E-state index in [0.717, 1.165) is 0 Å². The third-order valence-corrected chi connectivity index (χ3v) is 3.72. The van der Waals surface area contributed by atoms with E-state index in [9.17, 15) is 26.7 Å². The number of carbonyl (C=O) groups excluding carboxylic acids is 1. The maximum Gasteiger partial charge on any atom is 0.471 e. The molecule has 1 aromatic carbocycles. The SMILES string of the molecule is CC1(NC(=O)c2ccc(-c3noc(C(F)(F)F)n3)cc2)CC1(F)F. The molecule has 1 saturated carbocycles. The average molecular weight is 347 g/mol. The lowest BCUT2D eigenvalue weighted by Crippen LogP contribution is -2.38. The third-order valence-electron chi connectivity index (χ3n) is 3.72. The fourth-order valence-electron chi connectivity index (χ4n) is 2.08. The summed E-state index contributed by atoms with van der Waals surface area (Å²) in [6, 6.07) is 5.15. The van der Waals surface area contributed by atoms with Gasteiger partial charge < -0.3 is 9.84 Å². The summed E-state index contributed by atoms with van der Waals surface area (Å²) in [6.07, 6.45) is -5.19.